The molecular formula is C19H28N2O4S. The number of amides is 2. The molecule has 144 valence electrons. The molecule has 1 aromatic rings. The summed E-state index contributed by atoms with van der Waals surface area (Å²) in [6.45, 7) is 9.11. The first-order valence-electron chi connectivity index (χ1n) is 9.04. The highest BCUT2D eigenvalue weighted by molar-refractivity contribution is 7.16. The summed E-state index contributed by atoms with van der Waals surface area (Å²) in [7, 11) is 0. The zero-order valence-corrected chi connectivity index (χ0v) is 16.9. The van der Waals surface area contributed by atoms with Crippen LogP contribution in [0.2, 0.25) is 0 Å². The lowest BCUT2D eigenvalue weighted by Gasteiger charge is -2.34. The Morgan fingerprint density at radius 2 is 1.88 bits per heavy atom. The van der Waals surface area contributed by atoms with E-state index in [1.165, 1.54) is 24.7 Å². The van der Waals surface area contributed by atoms with Crippen LogP contribution in [0.1, 0.15) is 60.8 Å². The van der Waals surface area contributed by atoms with Crippen LogP contribution >= 0.6 is 11.3 Å². The third-order valence-electron chi connectivity index (χ3n) is 5.27. The highest BCUT2D eigenvalue weighted by Crippen LogP contribution is 2.33. The van der Waals surface area contributed by atoms with Crippen LogP contribution < -0.4 is 10.6 Å². The molecule has 1 saturated carbocycles. The molecule has 0 unspecified atom stereocenters. The summed E-state index contributed by atoms with van der Waals surface area (Å²) in [5, 5.41) is 6.11. The molecule has 6 nitrogen and oxygen atoms in total. The number of rotatable bonds is 5. The second-order valence-electron chi connectivity index (χ2n) is 7.19. The van der Waals surface area contributed by atoms with Crippen LogP contribution in [-0.2, 0) is 14.3 Å². The minimum absolute atomic E-state index is 0.130. The first-order chi connectivity index (χ1) is 12.2. The Kier molecular flexibility index (Phi) is 6.81. The normalized spacial score (nSPS) is 22.6. The van der Waals surface area contributed by atoms with E-state index in [4.69, 9.17) is 4.74 Å². The highest BCUT2D eigenvalue weighted by Gasteiger charge is 2.28. The van der Waals surface area contributed by atoms with Crippen molar-refractivity contribution in [2.45, 2.75) is 59.9 Å². The van der Waals surface area contributed by atoms with E-state index in [1.54, 1.807) is 6.92 Å². The van der Waals surface area contributed by atoms with Gasteiger partial charge in [0.05, 0.1) is 5.56 Å². The highest BCUT2D eigenvalue weighted by atomic mass is 32.1. The molecule has 2 rings (SSSR count). The molecular weight excluding hydrogens is 352 g/mol. The third kappa shape index (κ3) is 4.84. The number of esters is 1. The van der Waals surface area contributed by atoms with Gasteiger partial charge in [-0.1, -0.05) is 26.7 Å². The molecule has 0 aromatic carbocycles. The molecule has 0 saturated heterocycles. The van der Waals surface area contributed by atoms with Crippen molar-refractivity contribution >= 4 is 34.1 Å². The van der Waals surface area contributed by atoms with E-state index in [1.807, 2.05) is 6.92 Å². The zero-order valence-electron chi connectivity index (χ0n) is 16.1. The second kappa shape index (κ2) is 8.66. The number of aryl methyl sites for hydroxylation is 1. The van der Waals surface area contributed by atoms with Crippen LogP contribution in [0, 0.1) is 25.7 Å². The van der Waals surface area contributed by atoms with E-state index in [0.717, 1.165) is 23.3 Å². The number of hydrogen-bond acceptors (Lipinski definition) is 5. The average Bonchev–Trinajstić information content (AvgIpc) is 2.83. The smallest absolute Gasteiger partial charge is 0.341 e. The summed E-state index contributed by atoms with van der Waals surface area (Å²) >= 11 is 1.33. The van der Waals surface area contributed by atoms with Crippen LogP contribution in [0.4, 0.5) is 5.00 Å². The van der Waals surface area contributed by atoms with Gasteiger partial charge in [0.2, 0.25) is 5.91 Å². The van der Waals surface area contributed by atoms with Gasteiger partial charge in [-0.25, -0.2) is 4.79 Å². The minimum atomic E-state index is -0.587. The molecule has 2 N–H and O–H groups in total. The standard InChI is InChI=1S/C19H28N2O4S/c1-10-7-6-8-15(11(10)2)21-16(23)9-25-19(24)17-12(3)13(4)26-18(17)20-14(5)22/h10-11,15H,6-9H2,1-5H3,(H,20,22)(H,21,23)/t10-,11+,15+/m0/s1. The van der Waals surface area contributed by atoms with Gasteiger partial charge in [-0.15, -0.1) is 11.3 Å². The van der Waals surface area contributed by atoms with Crippen LogP contribution in [0.25, 0.3) is 0 Å². The topological polar surface area (TPSA) is 84.5 Å². The fourth-order valence-electron chi connectivity index (χ4n) is 3.36. The predicted molar refractivity (Wildman–Crippen MR) is 102 cm³/mol. The Bertz CT molecular complexity index is 698. The summed E-state index contributed by atoms with van der Waals surface area (Å²) in [5.41, 5.74) is 1.09. The molecule has 1 heterocycles. The van der Waals surface area contributed by atoms with E-state index in [9.17, 15) is 14.4 Å². The van der Waals surface area contributed by atoms with Gasteiger partial charge in [0.15, 0.2) is 6.61 Å². The Balaban J connectivity index is 1.96. The average molecular weight is 381 g/mol. The fourth-order valence-corrected chi connectivity index (χ4v) is 4.45. The number of carbonyl (C=O) groups is 3. The van der Waals surface area contributed by atoms with Crippen LogP contribution in [-0.4, -0.2) is 30.4 Å². The largest absolute Gasteiger partial charge is 0.452 e. The lowest BCUT2D eigenvalue weighted by Crippen LogP contribution is -2.45. The van der Waals surface area contributed by atoms with Gasteiger partial charge in [0.1, 0.15) is 5.00 Å². The van der Waals surface area contributed by atoms with Gasteiger partial charge in [-0.3, -0.25) is 9.59 Å². The minimum Gasteiger partial charge on any atom is -0.452 e. The predicted octanol–water partition coefficient (Wildman–Crippen LogP) is 3.42. The Hall–Kier alpha value is -1.89. The monoisotopic (exact) mass is 380 g/mol. The van der Waals surface area contributed by atoms with E-state index >= 15 is 0 Å². The Labute approximate surface area is 158 Å². The molecule has 26 heavy (non-hydrogen) atoms. The molecule has 1 aliphatic rings. The van der Waals surface area contributed by atoms with Crippen LogP contribution in [0.3, 0.4) is 0 Å². The zero-order chi connectivity index (χ0) is 19.4. The maximum atomic E-state index is 12.4. The number of ether oxygens (including phenoxy) is 1. The van der Waals surface area contributed by atoms with E-state index in [-0.39, 0.29) is 24.5 Å². The molecule has 3 atom stereocenters. The molecule has 1 fully saturated rings. The van der Waals surface area contributed by atoms with Crippen molar-refractivity contribution in [3.05, 3.63) is 16.0 Å². The Morgan fingerprint density at radius 1 is 1.19 bits per heavy atom. The van der Waals surface area contributed by atoms with E-state index in [0.29, 0.717) is 22.4 Å². The van der Waals surface area contributed by atoms with Gasteiger partial charge in [0, 0.05) is 17.8 Å². The molecule has 2 amide bonds. The maximum Gasteiger partial charge on any atom is 0.341 e. The van der Waals surface area contributed by atoms with Crippen molar-refractivity contribution < 1.29 is 19.1 Å². The van der Waals surface area contributed by atoms with Gasteiger partial charge >= 0.3 is 5.97 Å². The summed E-state index contributed by atoms with van der Waals surface area (Å²) < 4.78 is 5.21. The fraction of sp³-hybridized carbons (Fsp3) is 0.632. The lowest BCUT2D eigenvalue weighted by atomic mass is 9.78. The summed E-state index contributed by atoms with van der Waals surface area (Å²) in [6, 6.07) is 0.130. The Morgan fingerprint density at radius 3 is 2.54 bits per heavy atom. The second-order valence-corrected chi connectivity index (χ2v) is 8.41. The van der Waals surface area contributed by atoms with E-state index < -0.39 is 5.97 Å². The third-order valence-corrected chi connectivity index (χ3v) is 6.39. The van der Waals surface area contributed by atoms with Gasteiger partial charge in [-0.2, -0.15) is 0 Å². The first kappa shape index (κ1) is 20.4. The summed E-state index contributed by atoms with van der Waals surface area (Å²) in [6.07, 6.45) is 3.25. The summed E-state index contributed by atoms with van der Waals surface area (Å²) in [4.78, 5) is 36.9. The van der Waals surface area contributed by atoms with Gasteiger partial charge < -0.3 is 15.4 Å². The van der Waals surface area contributed by atoms with Crippen LogP contribution in [0.5, 0.6) is 0 Å². The number of hydrogen-bond donors (Lipinski definition) is 2. The lowest BCUT2D eigenvalue weighted by molar-refractivity contribution is -0.125. The van der Waals surface area contributed by atoms with Crippen molar-refractivity contribution in [3.63, 3.8) is 0 Å². The van der Waals surface area contributed by atoms with Crippen molar-refractivity contribution in [1.82, 2.24) is 5.32 Å². The number of anilines is 1. The van der Waals surface area contributed by atoms with Gasteiger partial charge in [0.25, 0.3) is 5.91 Å². The molecule has 0 spiro atoms. The molecule has 7 heteroatoms. The van der Waals surface area contributed by atoms with Crippen molar-refractivity contribution in [2.24, 2.45) is 11.8 Å². The van der Waals surface area contributed by atoms with Gasteiger partial charge in [-0.05, 0) is 37.7 Å². The van der Waals surface area contributed by atoms with Crippen molar-refractivity contribution in [2.75, 3.05) is 11.9 Å². The quantitative estimate of drug-likeness (QED) is 0.767. The molecule has 0 aliphatic heterocycles. The van der Waals surface area contributed by atoms with Crippen molar-refractivity contribution in [3.8, 4) is 0 Å². The van der Waals surface area contributed by atoms with Crippen LogP contribution in [0.15, 0.2) is 0 Å². The molecule has 1 aromatic heterocycles. The van der Waals surface area contributed by atoms with E-state index in [2.05, 4.69) is 24.5 Å². The first-order valence-corrected chi connectivity index (χ1v) is 9.86. The van der Waals surface area contributed by atoms with Crippen molar-refractivity contribution in [1.29, 1.82) is 0 Å². The number of thiophene rings is 1. The number of nitrogens with one attached hydrogen (secondary N) is 2. The SMILES string of the molecule is CC(=O)Nc1sc(C)c(C)c1C(=O)OCC(=O)N[C@@H]1CCC[C@H](C)[C@H]1C. The molecule has 0 bridgehead atoms. The maximum absolute atomic E-state index is 12.4. The summed E-state index contributed by atoms with van der Waals surface area (Å²) in [5.74, 6) is -0.131. The molecule has 1 aliphatic carbocycles. The molecule has 0 radical (unpaired) electrons. The number of carbonyl (C=O) groups excluding carboxylic acids is 3.